The van der Waals surface area contributed by atoms with E-state index in [-0.39, 0.29) is 10.8 Å². The molecule has 0 bridgehead atoms. The van der Waals surface area contributed by atoms with Gasteiger partial charge in [0.1, 0.15) is 10.8 Å². The molecule has 1 aromatic rings. The van der Waals surface area contributed by atoms with Crippen molar-refractivity contribution in [3.05, 3.63) is 47.3 Å². The molecule has 1 fully saturated rings. The van der Waals surface area contributed by atoms with Crippen molar-refractivity contribution in [2.75, 3.05) is 6.61 Å². The maximum absolute atomic E-state index is 14.9. The minimum Gasteiger partial charge on any atom is -0.492 e. The van der Waals surface area contributed by atoms with E-state index in [2.05, 4.69) is 25.7 Å². The van der Waals surface area contributed by atoms with E-state index in [1.807, 2.05) is 12.1 Å². The summed E-state index contributed by atoms with van der Waals surface area (Å²) in [6, 6.07) is 3.67. The fourth-order valence-electron chi connectivity index (χ4n) is 5.05. The maximum atomic E-state index is 14.9. The van der Waals surface area contributed by atoms with E-state index in [9.17, 15) is 4.39 Å². The van der Waals surface area contributed by atoms with Crippen LogP contribution >= 0.6 is 11.6 Å². The van der Waals surface area contributed by atoms with Gasteiger partial charge in [-0.3, -0.25) is 0 Å². The molecular formula is C26H36ClFO. The molecule has 1 saturated carbocycles. The second-order valence-electron chi connectivity index (χ2n) is 8.85. The third kappa shape index (κ3) is 5.87. The second-order valence-corrected chi connectivity index (χ2v) is 9.23. The number of rotatable bonds is 9. The van der Waals surface area contributed by atoms with E-state index in [0.717, 1.165) is 55.4 Å². The quantitative estimate of drug-likeness (QED) is 0.288. The van der Waals surface area contributed by atoms with Crippen LogP contribution in [0.2, 0.25) is 5.02 Å². The molecule has 0 saturated heterocycles. The summed E-state index contributed by atoms with van der Waals surface area (Å²) >= 11 is 6.26. The fourth-order valence-corrected chi connectivity index (χ4v) is 5.27. The molecule has 0 radical (unpaired) electrons. The summed E-state index contributed by atoms with van der Waals surface area (Å²) in [5.74, 6) is 2.63. The van der Waals surface area contributed by atoms with Crippen molar-refractivity contribution in [2.45, 2.75) is 77.6 Å². The number of hydrogen-bond donors (Lipinski definition) is 0. The molecular weight excluding hydrogens is 383 g/mol. The summed E-state index contributed by atoms with van der Waals surface area (Å²) in [4.78, 5) is 0. The van der Waals surface area contributed by atoms with E-state index in [1.54, 1.807) is 0 Å². The first-order valence-corrected chi connectivity index (χ1v) is 11.9. The first-order chi connectivity index (χ1) is 14.1. The summed E-state index contributed by atoms with van der Waals surface area (Å²) in [6.07, 6.45) is 17.4. The van der Waals surface area contributed by atoms with Gasteiger partial charge in [0.25, 0.3) is 0 Å². The van der Waals surface area contributed by atoms with Gasteiger partial charge in [-0.1, -0.05) is 49.9 Å². The Morgan fingerprint density at radius 3 is 2.62 bits per heavy atom. The highest BCUT2D eigenvalue weighted by Gasteiger charge is 2.29. The predicted octanol–water partition coefficient (Wildman–Crippen LogP) is 8.61. The van der Waals surface area contributed by atoms with Crippen LogP contribution in [-0.4, -0.2) is 6.61 Å². The summed E-state index contributed by atoms with van der Waals surface area (Å²) < 4.78 is 20.5. The number of allylic oxidation sites excluding steroid dienone is 3. The molecule has 2 aliphatic rings. The lowest BCUT2D eigenvalue weighted by atomic mass is 9.70. The van der Waals surface area contributed by atoms with Gasteiger partial charge in [0.05, 0.1) is 6.61 Å². The molecule has 29 heavy (non-hydrogen) atoms. The van der Waals surface area contributed by atoms with Crippen LogP contribution in [0, 0.1) is 23.6 Å². The van der Waals surface area contributed by atoms with Gasteiger partial charge in [-0.05, 0) is 86.8 Å². The summed E-state index contributed by atoms with van der Waals surface area (Å²) in [5.41, 5.74) is 1.77. The van der Waals surface area contributed by atoms with Crippen molar-refractivity contribution in [1.29, 1.82) is 0 Å². The zero-order chi connectivity index (χ0) is 20.6. The van der Waals surface area contributed by atoms with E-state index in [0.29, 0.717) is 17.9 Å². The van der Waals surface area contributed by atoms with Crippen LogP contribution < -0.4 is 4.74 Å². The first-order valence-electron chi connectivity index (χ1n) is 11.5. The predicted molar refractivity (Wildman–Crippen MR) is 122 cm³/mol. The van der Waals surface area contributed by atoms with Crippen LogP contribution in [0.5, 0.6) is 5.75 Å². The Kier molecular flexibility index (Phi) is 8.66. The van der Waals surface area contributed by atoms with Gasteiger partial charge in [-0.2, -0.15) is 0 Å². The number of unbranched alkanes of at least 4 members (excludes halogenated alkanes) is 1. The molecule has 1 aromatic carbocycles. The Hall–Kier alpha value is -1.28. The summed E-state index contributed by atoms with van der Waals surface area (Å²) in [6.45, 7) is 6.53. The van der Waals surface area contributed by atoms with Crippen LogP contribution in [0.3, 0.4) is 0 Å². The van der Waals surface area contributed by atoms with Crippen LogP contribution in [0.15, 0.2) is 30.9 Å². The smallest absolute Gasteiger partial charge is 0.153 e. The molecule has 0 aromatic heterocycles. The van der Waals surface area contributed by atoms with Gasteiger partial charge in [0.2, 0.25) is 0 Å². The molecule has 3 heteroatoms. The minimum atomic E-state index is -0.326. The fraction of sp³-hybridized carbons (Fsp3) is 0.615. The van der Waals surface area contributed by atoms with Crippen molar-refractivity contribution in [2.24, 2.45) is 17.8 Å². The largest absolute Gasteiger partial charge is 0.492 e. The molecule has 0 heterocycles. The Balaban J connectivity index is 1.57. The second kappa shape index (κ2) is 11.2. The first kappa shape index (κ1) is 22.4. The zero-order valence-corrected chi connectivity index (χ0v) is 18.7. The number of benzene rings is 1. The average Bonchev–Trinajstić information content (AvgIpc) is 2.76. The minimum absolute atomic E-state index is 0.125. The van der Waals surface area contributed by atoms with Gasteiger partial charge in [0, 0.05) is 5.56 Å². The van der Waals surface area contributed by atoms with Crippen LogP contribution in [0.1, 0.15) is 83.1 Å². The lowest BCUT2D eigenvalue weighted by Crippen LogP contribution is -2.23. The van der Waals surface area contributed by atoms with Gasteiger partial charge >= 0.3 is 0 Å². The van der Waals surface area contributed by atoms with Gasteiger partial charge in [-0.15, -0.1) is 6.58 Å². The Labute approximate surface area is 181 Å². The van der Waals surface area contributed by atoms with E-state index < -0.39 is 0 Å². The Morgan fingerprint density at radius 1 is 1.17 bits per heavy atom. The van der Waals surface area contributed by atoms with Gasteiger partial charge in [0.15, 0.2) is 5.82 Å². The molecule has 3 rings (SSSR count). The van der Waals surface area contributed by atoms with Crippen molar-refractivity contribution in [3.8, 4) is 5.75 Å². The van der Waals surface area contributed by atoms with Crippen LogP contribution in [0.25, 0.3) is 5.57 Å². The van der Waals surface area contributed by atoms with Crippen molar-refractivity contribution < 1.29 is 9.13 Å². The summed E-state index contributed by atoms with van der Waals surface area (Å²) in [7, 11) is 0. The third-order valence-corrected chi connectivity index (χ3v) is 7.29. The van der Waals surface area contributed by atoms with Gasteiger partial charge < -0.3 is 4.74 Å². The Bertz CT molecular complexity index is 703. The topological polar surface area (TPSA) is 9.23 Å². The molecule has 1 nitrogen and oxygen atoms in total. The van der Waals surface area contributed by atoms with Crippen molar-refractivity contribution in [1.82, 2.24) is 0 Å². The molecule has 160 valence electrons. The molecule has 1 unspecified atom stereocenters. The molecule has 1 atom stereocenters. The lowest BCUT2D eigenvalue weighted by molar-refractivity contribution is 0.190. The molecule has 2 aliphatic carbocycles. The van der Waals surface area contributed by atoms with Crippen LogP contribution in [0.4, 0.5) is 4.39 Å². The number of ether oxygens (including phenoxy) is 1. The van der Waals surface area contributed by atoms with Gasteiger partial charge in [-0.25, -0.2) is 4.39 Å². The van der Waals surface area contributed by atoms with E-state index in [4.69, 9.17) is 16.3 Å². The lowest BCUT2D eigenvalue weighted by Gasteiger charge is -2.35. The summed E-state index contributed by atoms with van der Waals surface area (Å²) in [5, 5.41) is 0.125. The van der Waals surface area contributed by atoms with E-state index in [1.165, 1.54) is 38.5 Å². The normalized spacial score (nSPS) is 24.8. The van der Waals surface area contributed by atoms with Crippen molar-refractivity contribution in [3.63, 3.8) is 0 Å². The number of hydrogen-bond acceptors (Lipinski definition) is 1. The third-order valence-electron chi connectivity index (χ3n) is 6.94. The SMILES string of the molecule is C=CCCC1CCC(C2CC=C(c3ccc(OCCCC)c(Cl)c3F)CC2)CC1. The highest BCUT2D eigenvalue weighted by Crippen LogP contribution is 2.43. The monoisotopic (exact) mass is 418 g/mol. The standard InChI is InChI=1S/C26H36ClFO/c1-3-5-7-19-8-10-20(11-9-19)21-12-14-22(15-13-21)23-16-17-24(25(27)26(23)28)29-18-6-4-2/h3,14,16-17,19-21H,1,4-13,15,18H2,2H3. The van der Waals surface area contributed by atoms with E-state index >= 15 is 0 Å². The molecule has 0 amide bonds. The Morgan fingerprint density at radius 2 is 1.97 bits per heavy atom. The molecule has 0 aliphatic heterocycles. The molecule has 0 N–H and O–H groups in total. The van der Waals surface area contributed by atoms with Crippen molar-refractivity contribution >= 4 is 17.2 Å². The highest BCUT2D eigenvalue weighted by atomic mass is 35.5. The number of halogens is 2. The maximum Gasteiger partial charge on any atom is 0.153 e. The average molecular weight is 419 g/mol. The zero-order valence-electron chi connectivity index (χ0n) is 17.9. The molecule has 0 spiro atoms. The highest BCUT2D eigenvalue weighted by molar-refractivity contribution is 6.32. The van der Waals surface area contributed by atoms with Crippen LogP contribution in [-0.2, 0) is 0 Å².